The molecule has 0 spiro atoms. The first-order chi connectivity index (χ1) is 11.1. The Kier molecular flexibility index (Phi) is 9.52. The fourth-order valence-electron chi connectivity index (χ4n) is 4.00. The van der Waals surface area contributed by atoms with Gasteiger partial charge in [0.25, 0.3) is 0 Å². The van der Waals surface area contributed by atoms with Gasteiger partial charge in [0.05, 0.1) is 5.38 Å². The van der Waals surface area contributed by atoms with Crippen LogP contribution < -0.4 is 0 Å². The maximum atomic E-state index is 7.05. The second-order valence-electron chi connectivity index (χ2n) is 8.08. The Balaban J connectivity index is 0.00000312. The van der Waals surface area contributed by atoms with Crippen molar-refractivity contribution in [3.63, 3.8) is 0 Å². The molecule has 2 rings (SSSR count). The molecule has 7 atom stereocenters. The van der Waals surface area contributed by atoms with Crippen LogP contribution in [0.3, 0.4) is 0 Å². The molecule has 25 heavy (non-hydrogen) atoms. The van der Waals surface area contributed by atoms with E-state index in [1.807, 2.05) is 0 Å². The third-order valence-corrected chi connectivity index (χ3v) is 7.79. The number of hydrogen-bond donors (Lipinski definition) is 0. The number of halogens is 2. The van der Waals surface area contributed by atoms with Crippen LogP contribution in [-0.4, -0.2) is 101 Å². The van der Waals surface area contributed by atoms with Gasteiger partial charge in [0.2, 0.25) is 0 Å². The minimum absolute atomic E-state index is 0. The van der Waals surface area contributed by atoms with Gasteiger partial charge in [-0.1, -0.05) is 0 Å². The molecule has 2 fully saturated rings. The fraction of sp³-hybridized carbons (Fsp3) is 1.00. The zero-order chi connectivity index (χ0) is 18.1. The van der Waals surface area contributed by atoms with E-state index in [0.717, 1.165) is 39.3 Å². The first kappa shape index (κ1) is 24.0. The zero-order valence-corrected chi connectivity index (χ0v) is 19.4. The third kappa shape index (κ3) is 5.71. The summed E-state index contributed by atoms with van der Waals surface area (Å²) in [6.07, 6.45) is 1.21. The summed E-state index contributed by atoms with van der Waals surface area (Å²) in [4.78, 5) is 9.32. The number of hydrogen-bond acceptors (Lipinski definition) is 4. The average molecular weight is 434 g/mol. The molecule has 2 saturated heterocycles. The van der Waals surface area contributed by atoms with Gasteiger partial charge in [0, 0.05) is 74.5 Å². The standard InChI is InChI=1S/C18H36Cl2N4.Mn/c1-14-13-15(2)23-9-7-22(6)16(3)17(19)18(4,20)24(12-10-23)11-8-21(14)5;/h14-17H,7-13H2,1-6H3;. The summed E-state index contributed by atoms with van der Waals surface area (Å²) in [5.74, 6) is 0. The summed E-state index contributed by atoms with van der Waals surface area (Å²) in [5, 5.41) is -0.112. The van der Waals surface area contributed by atoms with Crippen LogP contribution in [0.2, 0.25) is 0 Å². The first-order valence-electron chi connectivity index (χ1n) is 9.37. The maximum Gasteiger partial charge on any atom is 0.111 e. The van der Waals surface area contributed by atoms with Gasteiger partial charge in [-0.3, -0.25) is 9.80 Å². The van der Waals surface area contributed by atoms with Crippen LogP contribution in [0.15, 0.2) is 0 Å². The zero-order valence-electron chi connectivity index (χ0n) is 16.7. The van der Waals surface area contributed by atoms with Crippen molar-refractivity contribution in [1.82, 2.24) is 19.6 Å². The van der Waals surface area contributed by atoms with E-state index in [-0.39, 0.29) is 28.5 Å². The Bertz CT molecular complexity index is 413. The molecule has 0 N–H and O–H groups in total. The van der Waals surface area contributed by atoms with Crippen molar-refractivity contribution in [2.75, 3.05) is 53.4 Å². The Morgan fingerprint density at radius 3 is 2.00 bits per heavy atom. The van der Waals surface area contributed by atoms with E-state index in [1.165, 1.54) is 6.42 Å². The Morgan fingerprint density at radius 1 is 0.840 bits per heavy atom. The normalized spacial score (nSPS) is 45.6. The van der Waals surface area contributed by atoms with E-state index in [2.05, 4.69) is 61.4 Å². The molecule has 0 aromatic heterocycles. The largest absolute Gasteiger partial charge is 0.302 e. The van der Waals surface area contributed by atoms with E-state index >= 15 is 0 Å². The number of rotatable bonds is 0. The molecule has 0 aromatic carbocycles. The minimum atomic E-state index is -0.537. The summed E-state index contributed by atoms with van der Waals surface area (Å²) >= 11 is 13.9. The predicted octanol–water partition coefficient (Wildman–Crippen LogP) is 2.60. The van der Waals surface area contributed by atoms with Crippen LogP contribution in [0.5, 0.6) is 0 Å². The van der Waals surface area contributed by atoms with Gasteiger partial charge in [0.1, 0.15) is 5.00 Å². The summed E-state index contributed by atoms with van der Waals surface area (Å²) in [6.45, 7) is 15.2. The van der Waals surface area contributed by atoms with Crippen molar-refractivity contribution in [3.05, 3.63) is 0 Å². The van der Waals surface area contributed by atoms with Crippen LogP contribution in [0.25, 0.3) is 0 Å². The van der Waals surface area contributed by atoms with Crippen molar-refractivity contribution >= 4 is 23.2 Å². The molecular weight excluding hydrogens is 398 g/mol. The van der Waals surface area contributed by atoms with Gasteiger partial charge in [0.15, 0.2) is 0 Å². The second kappa shape index (κ2) is 9.93. The Hall–Kier alpha value is 0.939. The Labute approximate surface area is 175 Å². The summed E-state index contributed by atoms with van der Waals surface area (Å²) < 4.78 is 0. The summed E-state index contributed by atoms with van der Waals surface area (Å²) in [7, 11) is 4.40. The summed E-state index contributed by atoms with van der Waals surface area (Å²) in [6, 6.07) is 1.40. The third-order valence-electron chi connectivity index (χ3n) is 6.42. The van der Waals surface area contributed by atoms with Crippen LogP contribution in [0.1, 0.15) is 34.1 Å². The van der Waals surface area contributed by atoms with Gasteiger partial charge in [-0.2, -0.15) is 0 Å². The van der Waals surface area contributed by atoms with E-state index in [1.54, 1.807) is 0 Å². The van der Waals surface area contributed by atoms with Crippen molar-refractivity contribution in [2.45, 2.75) is 62.6 Å². The molecule has 149 valence electrons. The van der Waals surface area contributed by atoms with Gasteiger partial charge >= 0.3 is 0 Å². The molecule has 4 nitrogen and oxygen atoms in total. The average Bonchev–Trinajstić information content (AvgIpc) is 2.53. The monoisotopic (exact) mass is 433 g/mol. The summed E-state index contributed by atoms with van der Waals surface area (Å²) in [5.41, 5.74) is 0. The number of alkyl halides is 2. The van der Waals surface area contributed by atoms with E-state index in [0.29, 0.717) is 12.1 Å². The smallest absolute Gasteiger partial charge is 0.111 e. The molecule has 2 heterocycles. The first-order valence-corrected chi connectivity index (χ1v) is 10.2. The van der Waals surface area contributed by atoms with Crippen molar-refractivity contribution in [1.29, 1.82) is 0 Å². The predicted molar refractivity (Wildman–Crippen MR) is 105 cm³/mol. The number of nitrogens with zero attached hydrogens (tertiary/aromatic N) is 4. The van der Waals surface area contributed by atoms with Gasteiger partial charge < -0.3 is 9.80 Å². The van der Waals surface area contributed by atoms with Gasteiger partial charge in [-0.05, 0) is 48.2 Å². The topological polar surface area (TPSA) is 13.0 Å². The fourth-order valence-corrected chi connectivity index (χ4v) is 4.68. The molecule has 0 aromatic rings. The molecule has 2 bridgehead atoms. The van der Waals surface area contributed by atoms with E-state index < -0.39 is 5.00 Å². The van der Waals surface area contributed by atoms with Crippen LogP contribution in [0, 0.1) is 0 Å². The van der Waals surface area contributed by atoms with Crippen molar-refractivity contribution < 1.29 is 17.1 Å². The second-order valence-corrected chi connectivity index (χ2v) is 9.32. The molecule has 2 aliphatic rings. The van der Waals surface area contributed by atoms with Gasteiger partial charge in [-0.15, -0.1) is 23.2 Å². The van der Waals surface area contributed by atoms with E-state index in [9.17, 15) is 0 Å². The quantitative estimate of drug-likeness (QED) is 0.330. The Morgan fingerprint density at radius 2 is 1.36 bits per heavy atom. The van der Waals surface area contributed by atoms with Crippen LogP contribution in [0.4, 0.5) is 0 Å². The molecule has 2 aliphatic heterocycles. The molecule has 0 amide bonds. The molecule has 1 radical (unpaired) electrons. The van der Waals surface area contributed by atoms with Gasteiger partial charge in [-0.25, -0.2) is 0 Å². The van der Waals surface area contributed by atoms with Crippen LogP contribution >= 0.6 is 23.2 Å². The SMILES string of the molecule is CC1CC(C)N2CCN(C)C(C)C(Cl)C(C)(Cl)N(CCN1C)CC2.[Mn]. The van der Waals surface area contributed by atoms with Crippen molar-refractivity contribution in [3.8, 4) is 0 Å². The molecular formula is C18H36Cl2MnN4. The van der Waals surface area contributed by atoms with Crippen molar-refractivity contribution in [2.24, 2.45) is 0 Å². The van der Waals surface area contributed by atoms with Crippen LogP contribution in [-0.2, 0) is 17.1 Å². The molecule has 7 heteroatoms. The maximum absolute atomic E-state index is 7.05. The number of fused-ring (bicyclic) bond motifs is 3. The molecule has 7 unspecified atom stereocenters. The molecule has 0 saturated carbocycles. The minimum Gasteiger partial charge on any atom is -0.302 e. The van der Waals surface area contributed by atoms with E-state index in [4.69, 9.17) is 23.2 Å². The molecule has 0 aliphatic carbocycles. The number of likely N-dealkylation sites (N-methyl/N-ethyl adjacent to an activating group) is 2.